The third-order valence-electron chi connectivity index (χ3n) is 2.70. The van der Waals surface area contributed by atoms with Crippen molar-refractivity contribution in [2.75, 3.05) is 18.1 Å². The zero-order valence-electron chi connectivity index (χ0n) is 11.3. The van der Waals surface area contributed by atoms with E-state index in [0.29, 0.717) is 6.04 Å². The molecule has 3 nitrogen and oxygen atoms in total. The van der Waals surface area contributed by atoms with Crippen LogP contribution >= 0.6 is 11.8 Å². The van der Waals surface area contributed by atoms with Crippen LogP contribution in [0.4, 0.5) is 0 Å². The molecule has 1 atom stereocenters. The van der Waals surface area contributed by atoms with Crippen LogP contribution in [0.2, 0.25) is 0 Å². The molecule has 0 radical (unpaired) electrons. The largest absolute Gasteiger partial charge is 0.313 e. The molecule has 0 aliphatic heterocycles. The summed E-state index contributed by atoms with van der Waals surface area (Å²) in [7, 11) is 1.97. The Bertz CT molecular complexity index is 299. The molecular weight excluding hydrogens is 230 g/mol. The van der Waals surface area contributed by atoms with Crippen molar-refractivity contribution in [3.8, 4) is 0 Å². The van der Waals surface area contributed by atoms with Crippen LogP contribution in [0.5, 0.6) is 0 Å². The minimum Gasteiger partial charge on any atom is -0.313 e. The molecule has 0 aliphatic rings. The van der Waals surface area contributed by atoms with Gasteiger partial charge in [-0.1, -0.05) is 13.8 Å². The van der Waals surface area contributed by atoms with Gasteiger partial charge in [-0.25, -0.2) is 0 Å². The molecule has 1 heterocycles. The van der Waals surface area contributed by atoms with E-state index < -0.39 is 0 Å². The number of aryl methyl sites for hydroxylation is 2. The predicted octanol–water partition coefficient (Wildman–Crippen LogP) is 2.47. The lowest BCUT2D eigenvalue weighted by Gasteiger charge is -2.16. The Morgan fingerprint density at radius 2 is 2.29 bits per heavy atom. The number of hydrogen-bond acceptors (Lipinski definition) is 3. The second-order valence-corrected chi connectivity index (χ2v) is 5.54. The molecule has 4 heteroatoms. The van der Waals surface area contributed by atoms with Crippen molar-refractivity contribution in [1.29, 1.82) is 0 Å². The molecule has 17 heavy (non-hydrogen) atoms. The van der Waals surface area contributed by atoms with Crippen LogP contribution in [-0.2, 0) is 13.5 Å². The molecule has 98 valence electrons. The Kier molecular flexibility index (Phi) is 7.37. The Hall–Kier alpha value is -0.480. The Morgan fingerprint density at radius 3 is 2.88 bits per heavy atom. The fraction of sp³-hybridized carbons (Fsp3) is 0.769. The van der Waals surface area contributed by atoms with E-state index in [1.54, 1.807) is 0 Å². The first-order valence-electron chi connectivity index (χ1n) is 6.54. The molecule has 1 aromatic rings. The lowest BCUT2D eigenvalue weighted by Crippen LogP contribution is -2.31. The molecule has 0 bridgehead atoms. The third-order valence-corrected chi connectivity index (χ3v) is 4.04. The molecule has 1 aromatic heterocycles. The van der Waals surface area contributed by atoms with Crippen molar-refractivity contribution in [2.24, 2.45) is 7.05 Å². The van der Waals surface area contributed by atoms with Gasteiger partial charge in [0.2, 0.25) is 0 Å². The lowest BCUT2D eigenvalue weighted by atomic mass is 10.1. The van der Waals surface area contributed by atoms with E-state index >= 15 is 0 Å². The minimum absolute atomic E-state index is 0.636. The molecule has 1 N–H and O–H groups in total. The van der Waals surface area contributed by atoms with Crippen molar-refractivity contribution in [3.63, 3.8) is 0 Å². The Labute approximate surface area is 109 Å². The molecule has 0 saturated heterocycles. The lowest BCUT2D eigenvalue weighted by molar-refractivity contribution is 0.537. The average molecular weight is 255 g/mol. The number of thioether (sulfide) groups is 1. The van der Waals surface area contributed by atoms with Crippen LogP contribution in [0.25, 0.3) is 0 Å². The van der Waals surface area contributed by atoms with E-state index in [0.717, 1.165) is 13.0 Å². The second-order valence-electron chi connectivity index (χ2n) is 4.39. The van der Waals surface area contributed by atoms with Crippen LogP contribution in [0.1, 0.15) is 32.3 Å². The predicted molar refractivity (Wildman–Crippen MR) is 76.6 cm³/mol. The van der Waals surface area contributed by atoms with Gasteiger partial charge in [0.15, 0.2) is 0 Å². The standard InChI is InChI=1S/C13H25N3S/c1-4-8-17-11-13(14-5-2)7-6-12-9-15-16(3)10-12/h9-10,13-14H,4-8,11H2,1-3H3. The molecule has 0 amide bonds. The SMILES string of the molecule is CCCSCC(CCc1cnn(C)c1)NCC. The maximum Gasteiger partial charge on any atom is 0.0521 e. The van der Waals surface area contributed by atoms with Gasteiger partial charge in [-0.2, -0.15) is 16.9 Å². The summed E-state index contributed by atoms with van der Waals surface area (Å²) in [5, 5.41) is 7.78. The molecule has 0 saturated carbocycles. The highest BCUT2D eigenvalue weighted by Gasteiger charge is 2.08. The minimum atomic E-state index is 0.636. The van der Waals surface area contributed by atoms with Gasteiger partial charge in [0, 0.05) is 25.0 Å². The topological polar surface area (TPSA) is 29.9 Å². The van der Waals surface area contributed by atoms with E-state index in [2.05, 4.69) is 42.2 Å². The first kappa shape index (κ1) is 14.6. The summed E-state index contributed by atoms with van der Waals surface area (Å²) < 4.78 is 1.88. The molecule has 0 spiro atoms. The zero-order valence-corrected chi connectivity index (χ0v) is 12.1. The van der Waals surface area contributed by atoms with Crippen molar-refractivity contribution in [3.05, 3.63) is 18.0 Å². The van der Waals surface area contributed by atoms with Gasteiger partial charge >= 0.3 is 0 Å². The summed E-state index contributed by atoms with van der Waals surface area (Å²) >= 11 is 2.06. The van der Waals surface area contributed by atoms with Crippen LogP contribution in [0, 0.1) is 0 Å². The summed E-state index contributed by atoms with van der Waals surface area (Å²) in [5.41, 5.74) is 1.34. The van der Waals surface area contributed by atoms with Crippen LogP contribution in [-0.4, -0.2) is 33.9 Å². The Balaban J connectivity index is 2.27. The molecule has 0 aliphatic carbocycles. The monoisotopic (exact) mass is 255 g/mol. The normalized spacial score (nSPS) is 12.9. The number of aromatic nitrogens is 2. The molecule has 1 unspecified atom stereocenters. The molecule has 0 fully saturated rings. The van der Waals surface area contributed by atoms with Gasteiger partial charge in [-0.3, -0.25) is 4.68 Å². The summed E-state index contributed by atoms with van der Waals surface area (Å²) in [4.78, 5) is 0. The highest BCUT2D eigenvalue weighted by atomic mass is 32.2. The first-order chi connectivity index (χ1) is 8.26. The van der Waals surface area contributed by atoms with E-state index in [1.807, 2.05) is 17.9 Å². The highest BCUT2D eigenvalue weighted by molar-refractivity contribution is 7.99. The van der Waals surface area contributed by atoms with Crippen LogP contribution in [0.3, 0.4) is 0 Å². The number of rotatable bonds is 9. The van der Waals surface area contributed by atoms with Crippen molar-refractivity contribution in [1.82, 2.24) is 15.1 Å². The molecular formula is C13H25N3S. The average Bonchev–Trinajstić information content (AvgIpc) is 2.72. The third kappa shape index (κ3) is 6.13. The van der Waals surface area contributed by atoms with Crippen molar-refractivity contribution in [2.45, 2.75) is 39.2 Å². The van der Waals surface area contributed by atoms with Gasteiger partial charge < -0.3 is 5.32 Å². The molecule has 1 rings (SSSR count). The highest BCUT2D eigenvalue weighted by Crippen LogP contribution is 2.10. The first-order valence-corrected chi connectivity index (χ1v) is 7.70. The van der Waals surface area contributed by atoms with Crippen molar-refractivity contribution < 1.29 is 0 Å². The summed E-state index contributed by atoms with van der Waals surface area (Å²) in [6, 6.07) is 0.636. The Morgan fingerprint density at radius 1 is 1.47 bits per heavy atom. The van der Waals surface area contributed by atoms with Gasteiger partial charge in [-0.15, -0.1) is 0 Å². The van der Waals surface area contributed by atoms with Gasteiger partial charge in [0.05, 0.1) is 6.20 Å². The quantitative estimate of drug-likeness (QED) is 0.688. The summed E-state index contributed by atoms with van der Waals surface area (Å²) in [5.74, 6) is 2.50. The number of nitrogens with one attached hydrogen (secondary N) is 1. The van der Waals surface area contributed by atoms with Gasteiger partial charge in [0.25, 0.3) is 0 Å². The van der Waals surface area contributed by atoms with Crippen LogP contribution in [0.15, 0.2) is 12.4 Å². The fourth-order valence-electron chi connectivity index (χ4n) is 1.84. The maximum absolute atomic E-state index is 4.21. The summed E-state index contributed by atoms with van der Waals surface area (Å²) in [6.07, 6.45) is 7.69. The summed E-state index contributed by atoms with van der Waals surface area (Å²) in [6.45, 7) is 5.48. The molecule has 0 aromatic carbocycles. The van der Waals surface area contributed by atoms with E-state index in [9.17, 15) is 0 Å². The second kappa shape index (κ2) is 8.59. The zero-order chi connectivity index (χ0) is 12.5. The van der Waals surface area contributed by atoms with Gasteiger partial charge in [0.1, 0.15) is 0 Å². The number of hydrogen-bond donors (Lipinski definition) is 1. The number of nitrogens with zero attached hydrogens (tertiary/aromatic N) is 2. The van der Waals surface area contributed by atoms with Crippen LogP contribution < -0.4 is 5.32 Å². The van der Waals surface area contributed by atoms with E-state index in [4.69, 9.17) is 0 Å². The fourth-order valence-corrected chi connectivity index (χ4v) is 2.87. The van der Waals surface area contributed by atoms with E-state index in [-0.39, 0.29) is 0 Å². The maximum atomic E-state index is 4.21. The van der Waals surface area contributed by atoms with E-state index in [1.165, 1.54) is 29.9 Å². The smallest absolute Gasteiger partial charge is 0.0521 e. The van der Waals surface area contributed by atoms with Crippen molar-refractivity contribution >= 4 is 11.8 Å². The van der Waals surface area contributed by atoms with Gasteiger partial charge in [-0.05, 0) is 37.1 Å².